The molecule has 0 saturated carbocycles. The fourth-order valence-electron chi connectivity index (χ4n) is 2.75. The minimum Gasteiger partial charge on any atom is -0.324 e. The van der Waals surface area contributed by atoms with Gasteiger partial charge in [0.1, 0.15) is 0 Å². The highest BCUT2D eigenvalue weighted by molar-refractivity contribution is 7.99. The molecule has 3 aromatic rings. The molecule has 2 aromatic carbocycles. The molecule has 0 spiro atoms. The molecule has 0 unspecified atom stereocenters. The first kappa shape index (κ1) is 23.4. The molecule has 1 amide bonds. The maximum absolute atomic E-state index is 12.9. The van der Waals surface area contributed by atoms with Gasteiger partial charge in [-0.2, -0.15) is 13.2 Å². The summed E-state index contributed by atoms with van der Waals surface area (Å²) in [6.45, 7) is 2.64. The molecule has 0 aliphatic rings. The monoisotopic (exact) mass is 488 g/mol. The molecule has 1 heterocycles. The van der Waals surface area contributed by atoms with Gasteiger partial charge in [0.2, 0.25) is 5.91 Å². The lowest BCUT2D eigenvalue weighted by Gasteiger charge is -2.12. The van der Waals surface area contributed by atoms with Crippen molar-refractivity contribution in [2.45, 2.75) is 31.2 Å². The zero-order valence-electron chi connectivity index (χ0n) is 16.2. The van der Waals surface area contributed by atoms with Crippen molar-refractivity contribution in [1.82, 2.24) is 14.8 Å². The van der Waals surface area contributed by atoms with E-state index in [0.717, 1.165) is 41.9 Å². The minimum absolute atomic E-state index is 0.0190. The number of nitrogens with zero attached hydrogens (tertiary/aromatic N) is 3. The van der Waals surface area contributed by atoms with Crippen LogP contribution in [0.4, 0.5) is 18.9 Å². The predicted molar refractivity (Wildman–Crippen MR) is 117 cm³/mol. The van der Waals surface area contributed by atoms with Crippen LogP contribution in [-0.4, -0.2) is 26.4 Å². The molecular formula is C20H17Cl2F3N4OS. The lowest BCUT2D eigenvalue weighted by atomic mass is 10.2. The van der Waals surface area contributed by atoms with Crippen LogP contribution in [0.1, 0.15) is 18.9 Å². The van der Waals surface area contributed by atoms with Crippen molar-refractivity contribution in [3.05, 3.63) is 58.1 Å². The van der Waals surface area contributed by atoms with Gasteiger partial charge in [-0.3, -0.25) is 4.79 Å². The van der Waals surface area contributed by atoms with Crippen LogP contribution in [0.3, 0.4) is 0 Å². The van der Waals surface area contributed by atoms with E-state index < -0.39 is 17.6 Å². The van der Waals surface area contributed by atoms with Gasteiger partial charge in [-0.05, 0) is 48.9 Å². The SMILES string of the molecule is CCCn1c(SCC(=O)Nc2cc(C(F)(F)F)ccc2Cl)nnc1-c1ccc(Cl)cc1. The number of halogens is 5. The Morgan fingerprint density at radius 1 is 1.13 bits per heavy atom. The molecule has 5 nitrogen and oxygen atoms in total. The van der Waals surface area contributed by atoms with E-state index in [1.807, 2.05) is 23.6 Å². The molecule has 0 aliphatic heterocycles. The molecule has 0 bridgehead atoms. The first-order valence-electron chi connectivity index (χ1n) is 9.17. The van der Waals surface area contributed by atoms with Gasteiger partial charge in [0.05, 0.1) is 22.0 Å². The van der Waals surface area contributed by atoms with Crippen LogP contribution < -0.4 is 5.32 Å². The van der Waals surface area contributed by atoms with E-state index in [4.69, 9.17) is 23.2 Å². The summed E-state index contributed by atoms with van der Waals surface area (Å²) in [5.41, 5.74) is -0.161. The quantitative estimate of drug-likeness (QED) is 0.390. The summed E-state index contributed by atoms with van der Waals surface area (Å²) in [5, 5.41) is 12.0. The summed E-state index contributed by atoms with van der Waals surface area (Å²) in [6.07, 6.45) is -3.72. The highest BCUT2D eigenvalue weighted by Gasteiger charge is 2.31. The third-order valence-corrected chi connectivity index (χ3v) is 5.71. The Balaban J connectivity index is 1.73. The molecule has 0 radical (unpaired) electrons. The number of anilines is 1. The van der Waals surface area contributed by atoms with Gasteiger partial charge in [-0.25, -0.2) is 0 Å². The average Bonchev–Trinajstić information content (AvgIpc) is 3.11. The van der Waals surface area contributed by atoms with Crippen LogP contribution >= 0.6 is 35.0 Å². The van der Waals surface area contributed by atoms with E-state index in [1.54, 1.807) is 12.1 Å². The maximum atomic E-state index is 12.9. The molecule has 31 heavy (non-hydrogen) atoms. The van der Waals surface area contributed by atoms with Gasteiger partial charge in [0.15, 0.2) is 11.0 Å². The zero-order valence-corrected chi connectivity index (χ0v) is 18.5. The van der Waals surface area contributed by atoms with Gasteiger partial charge in [-0.1, -0.05) is 41.9 Å². The number of hydrogen-bond acceptors (Lipinski definition) is 4. The van der Waals surface area contributed by atoms with Gasteiger partial charge >= 0.3 is 6.18 Å². The molecule has 1 aromatic heterocycles. The normalized spacial score (nSPS) is 11.5. The Kier molecular flexibility index (Phi) is 7.51. The number of rotatable bonds is 7. The Labute approximate surface area is 190 Å². The summed E-state index contributed by atoms with van der Waals surface area (Å²) in [6, 6.07) is 9.93. The first-order chi connectivity index (χ1) is 14.7. The third-order valence-electron chi connectivity index (χ3n) is 4.17. The van der Waals surface area contributed by atoms with Gasteiger partial charge < -0.3 is 9.88 Å². The van der Waals surface area contributed by atoms with E-state index in [9.17, 15) is 18.0 Å². The number of thioether (sulfide) groups is 1. The number of hydrogen-bond donors (Lipinski definition) is 1. The molecular weight excluding hydrogens is 472 g/mol. The lowest BCUT2D eigenvalue weighted by Crippen LogP contribution is -2.16. The highest BCUT2D eigenvalue weighted by atomic mass is 35.5. The van der Waals surface area contributed by atoms with Crippen LogP contribution in [-0.2, 0) is 17.5 Å². The standard InChI is InChI=1S/C20H17Cl2F3N4OS/c1-2-9-29-18(12-3-6-14(21)7-4-12)27-28-19(29)31-11-17(30)26-16-10-13(20(23,24)25)5-8-15(16)22/h3-8,10H,2,9,11H2,1H3,(H,26,30). The molecule has 11 heteroatoms. The molecule has 0 fully saturated rings. The zero-order chi connectivity index (χ0) is 22.6. The first-order valence-corrected chi connectivity index (χ1v) is 10.9. The third kappa shape index (κ3) is 5.93. The number of benzene rings is 2. The van der Waals surface area contributed by atoms with Crippen LogP contribution in [0.2, 0.25) is 10.0 Å². The van der Waals surface area contributed by atoms with E-state index in [2.05, 4.69) is 15.5 Å². The van der Waals surface area contributed by atoms with Crippen molar-refractivity contribution in [3.63, 3.8) is 0 Å². The van der Waals surface area contributed by atoms with Gasteiger partial charge in [0, 0.05) is 17.1 Å². The summed E-state index contributed by atoms with van der Waals surface area (Å²) in [4.78, 5) is 12.3. The largest absolute Gasteiger partial charge is 0.416 e. The second-order valence-electron chi connectivity index (χ2n) is 6.49. The lowest BCUT2D eigenvalue weighted by molar-refractivity contribution is -0.137. The minimum atomic E-state index is -4.53. The van der Waals surface area contributed by atoms with E-state index in [-0.39, 0.29) is 16.5 Å². The van der Waals surface area contributed by atoms with E-state index in [1.165, 1.54) is 0 Å². The molecule has 1 N–H and O–H groups in total. The van der Waals surface area contributed by atoms with Crippen molar-refractivity contribution >= 4 is 46.6 Å². The summed E-state index contributed by atoms with van der Waals surface area (Å²) < 4.78 is 40.6. The predicted octanol–water partition coefficient (Wildman–Crippen LogP) is 6.41. The number of carbonyl (C=O) groups is 1. The number of nitrogens with one attached hydrogen (secondary N) is 1. The Morgan fingerprint density at radius 3 is 2.48 bits per heavy atom. The fraction of sp³-hybridized carbons (Fsp3) is 0.250. The van der Waals surface area contributed by atoms with Crippen LogP contribution in [0.5, 0.6) is 0 Å². The topological polar surface area (TPSA) is 59.8 Å². The second-order valence-corrected chi connectivity index (χ2v) is 8.28. The molecule has 0 atom stereocenters. The van der Waals surface area contributed by atoms with Crippen molar-refractivity contribution in [1.29, 1.82) is 0 Å². The maximum Gasteiger partial charge on any atom is 0.416 e. The van der Waals surface area contributed by atoms with Crippen LogP contribution in [0.15, 0.2) is 47.6 Å². The smallest absolute Gasteiger partial charge is 0.324 e. The van der Waals surface area contributed by atoms with Crippen molar-refractivity contribution in [2.24, 2.45) is 0 Å². The van der Waals surface area contributed by atoms with Crippen LogP contribution in [0, 0.1) is 0 Å². The highest BCUT2D eigenvalue weighted by Crippen LogP contribution is 2.34. The molecule has 3 rings (SSSR count). The number of carbonyl (C=O) groups excluding carboxylic acids is 1. The van der Waals surface area contributed by atoms with Crippen molar-refractivity contribution < 1.29 is 18.0 Å². The van der Waals surface area contributed by atoms with E-state index >= 15 is 0 Å². The van der Waals surface area contributed by atoms with Gasteiger partial charge in [0.25, 0.3) is 0 Å². The van der Waals surface area contributed by atoms with Crippen LogP contribution in [0.25, 0.3) is 11.4 Å². The number of amides is 1. The Hall–Kier alpha value is -2.23. The Morgan fingerprint density at radius 2 is 1.84 bits per heavy atom. The average molecular weight is 489 g/mol. The summed E-state index contributed by atoms with van der Waals surface area (Å²) in [5.74, 6) is 0.0577. The summed E-state index contributed by atoms with van der Waals surface area (Å²) >= 11 is 13.0. The molecule has 164 valence electrons. The fourth-order valence-corrected chi connectivity index (χ4v) is 3.80. The summed E-state index contributed by atoms with van der Waals surface area (Å²) in [7, 11) is 0. The molecule has 0 aliphatic carbocycles. The van der Waals surface area contributed by atoms with Crippen molar-refractivity contribution in [2.75, 3.05) is 11.1 Å². The molecule has 0 saturated heterocycles. The number of aromatic nitrogens is 3. The van der Waals surface area contributed by atoms with Crippen molar-refractivity contribution in [3.8, 4) is 11.4 Å². The Bertz CT molecular complexity index is 1070. The van der Waals surface area contributed by atoms with Gasteiger partial charge in [-0.15, -0.1) is 10.2 Å². The van der Waals surface area contributed by atoms with E-state index in [0.29, 0.717) is 22.5 Å². The number of alkyl halides is 3. The second kappa shape index (κ2) is 9.93.